The Balaban J connectivity index is 1.34. The second kappa shape index (κ2) is 8.94. The molecule has 1 saturated heterocycles. The second-order valence-electron chi connectivity index (χ2n) is 6.48. The van der Waals surface area contributed by atoms with Crippen molar-refractivity contribution in [3.05, 3.63) is 64.6 Å². The molecule has 1 atom stereocenters. The van der Waals surface area contributed by atoms with Gasteiger partial charge in [0.2, 0.25) is 16.9 Å². The molecule has 2 amide bonds. The van der Waals surface area contributed by atoms with Crippen LogP contribution in [0.5, 0.6) is 0 Å². The molecule has 2 heterocycles. The lowest BCUT2D eigenvalue weighted by atomic mass is 10.1. The number of benzene rings is 2. The zero-order chi connectivity index (χ0) is 20.2. The Morgan fingerprint density at radius 3 is 2.69 bits per heavy atom. The Labute approximate surface area is 181 Å². The van der Waals surface area contributed by atoms with E-state index in [9.17, 15) is 9.59 Å². The minimum absolute atomic E-state index is 0.0392. The summed E-state index contributed by atoms with van der Waals surface area (Å²) in [5.41, 5.74) is 0.817. The maximum absolute atomic E-state index is 12.4. The molecule has 1 unspecified atom stereocenters. The average molecular weight is 445 g/mol. The van der Waals surface area contributed by atoms with E-state index in [-0.39, 0.29) is 17.7 Å². The SMILES string of the molecule is O=C(CSc1ccccc1)Nc1nnc(C2CC(=O)N(c3ccc(Cl)cc3)C2)s1. The molecule has 2 aromatic carbocycles. The van der Waals surface area contributed by atoms with Crippen molar-refractivity contribution in [1.29, 1.82) is 0 Å². The number of carbonyl (C=O) groups is 2. The molecule has 148 valence electrons. The van der Waals surface area contributed by atoms with Gasteiger partial charge in [-0.1, -0.05) is 41.1 Å². The van der Waals surface area contributed by atoms with E-state index in [0.717, 1.165) is 15.6 Å². The van der Waals surface area contributed by atoms with Crippen molar-refractivity contribution in [1.82, 2.24) is 10.2 Å². The standard InChI is InChI=1S/C20H17ClN4O2S2/c21-14-6-8-15(9-7-14)25-11-13(10-18(25)27)19-23-24-20(29-19)22-17(26)12-28-16-4-2-1-3-5-16/h1-9,13H,10-12H2,(H,22,24,26). The van der Waals surface area contributed by atoms with Gasteiger partial charge in [0.15, 0.2) is 0 Å². The average Bonchev–Trinajstić information content (AvgIpc) is 3.34. The molecule has 1 aliphatic heterocycles. The lowest BCUT2D eigenvalue weighted by Gasteiger charge is -2.16. The molecule has 6 nitrogen and oxygen atoms in total. The van der Waals surface area contributed by atoms with E-state index in [2.05, 4.69) is 15.5 Å². The Morgan fingerprint density at radius 1 is 1.17 bits per heavy atom. The highest BCUT2D eigenvalue weighted by Crippen LogP contribution is 2.34. The van der Waals surface area contributed by atoms with Crippen LogP contribution >= 0.6 is 34.7 Å². The van der Waals surface area contributed by atoms with Gasteiger partial charge >= 0.3 is 0 Å². The first-order valence-electron chi connectivity index (χ1n) is 8.95. The molecule has 1 fully saturated rings. The van der Waals surface area contributed by atoms with Crippen LogP contribution in [0.1, 0.15) is 17.3 Å². The molecule has 0 radical (unpaired) electrons. The summed E-state index contributed by atoms with van der Waals surface area (Å²) in [7, 11) is 0. The number of nitrogens with zero attached hydrogens (tertiary/aromatic N) is 3. The number of aromatic nitrogens is 2. The molecule has 0 aliphatic carbocycles. The lowest BCUT2D eigenvalue weighted by Crippen LogP contribution is -2.24. The maximum atomic E-state index is 12.4. The number of thioether (sulfide) groups is 1. The van der Waals surface area contributed by atoms with Gasteiger partial charge in [0.25, 0.3) is 0 Å². The molecule has 4 rings (SSSR count). The largest absolute Gasteiger partial charge is 0.312 e. The zero-order valence-electron chi connectivity index (χ0n) is 15.2. The highest BCUT2D eigenvalue weighted by molar-refractivity contribution is 8.00. The van der Waals surface area contributed by atoms with E-state index in [0.29, 0.717) is 28.9 Å². The van der Waals surface area contributed by atoms with Crippen molar-refractivity contribution in [2.24, 2.45) is 0 Å². The Kier molecular flexibility index (Phi) is 6.13. The number of hydrogen-bond acceptors (Lipinski definition) is 6. The first kappa shape index (κ1) is 19.9. The summed E-state index contributed by atoms with van der Waals surface area (Å²) in [6.45, 7) is 0.535. The third-order valence-corrected chi connectivity index (χ3v) is 6.68. The van der Waals surface area contributed by atoms with Crippen molar-refractivity contribution in [2.45, 2.75) is 17.2 Å². The number of halogens is 1. The molecule has 1 aromatic heterocycles. The summed E-state index contributed by atoms with van der Waals surface area (Å²) in [5, 5.41) is 12.9. The maximum Gasteiger partial charge on any atom is 0.236 e. The fourth-order valence-corrected chi connectivity index (χ4v) is 4.71. The summed E-state index contributed by atoms with van der Waals surface area (Å²) < 4.78 is 0. The van der Waals surface area contributed by atoms with Crippen LogP contribution in [0, 0.1) is 0 Å². The predicted molar refractivity (Wildman–Crippen MR) is 117 cm³/mol. The van der Waals surface area contributed by atoms with Crippen molar-refractivity contribution in [2.75, 3.05) is 22.5 Å². The van der Waals surface area contributed by atoms with E-state index in [1.807, 2.05) is 42.5 Å². The first-order valence-corrected chi connectivity index (χ1v) is 11.1. The highest BCUT2D eigenvalue weighted by atomic mass is 35.5. The van der Waals surface area contributed by atoms with Gasteiger partial charge in [-0.15, -0.1) is 22.0 Å². The number of anilines is 2. The van der Waals surface area contributed by atoms with Crippen LogP contribution in [0.3, 0.4) is 0 Å². The molecule has 0 saturated carbocycles. The number of rotatable bonds is 6. The van der Waals surface area contributed by atoms with E-state index < -0.39 is 0 Å². The topological polar surface area (TPSA) is 75.2 Å². The van der Waals surface area contributed by atoms with Gasteiger partial charge in [-0.25, -0.2) is 0 Å². The highest BCUT2D eigenvalue weighted by Gasteiger charge is 2.34. The lowest BCUT2D eigenvalue weighted by molar-refractivity contribution is -0.117. The van der Waals surface area contributed by atoms with Gasteiger partial charge in [-0.3, -0.25) is 14.9 Å². The van der Waals surface area contributed by atoms with Gasteiger partial charge in [-0.05, 0) is 36.4 Å². The molecule has 3 aromatic rings. The summed E-state index contributed by atoms with van der Waals surface area (Å²) in [5.74, 6) is 0.162. The van der Waals surface area contributed by atoms with Gasteiger partial charge in [0.05, 0.1) is 5.75 Å². The number of nitrogens with one attached hydrogen (secondary N) is 1. The normalized spacial score (nSPS) is 16.2. The van der Waals surface area contributed by atoms with Crippen molar-refractivity contribution >= 4 is 57.3 Å². The summed E-state index contributed by atoms with van der Waals surface area (Å²) in [4.78, 5) is 27.4. The molecule has 9 heteroatoms. The van der Waals surface area contributed by atoms with Crippen molar-refractivity contribution < 1.29 is 9.59 Å². The van der Waals surface area contributed by atoms with Crippen LogP contribution < -0.4 is 10.2 Å². The number of amides is 2. The zero-order valence-corrected chi connectivity index (χ0v) is 17.6. The van der Waals surface area contributed by atoms with Crippen LogP contribution in [0.2, 0.25) is 5.02 Å². The smallest absolute Gasteiger partial charge is 0.236 e. The number of carbonyl (C=O) groups excluding carboxylic acids is 2. The van der Waals surface area contributed by atoms with E-state index in [4.69, 9.17) is 11.6 Å². The van der Waals surface area contributed by atoms with Crippen molar-refractivity contribution in [3.8, 4) is 0 Å². The van der Waals surface area contributed by atoms with Crippen LogP contribution in [0.15, 0.2) is 59.5 Å². The quantitative estimate of drug-likeness (QED) is 0.569. The van der Waals surface area contributed by atoms with Gasteiger partial charge < -0.3 is 4.90 Å². The van der Waals surface area contributed by atoms with E-state index >= 15 is 0 Å². The Hall–Kier alpha value is -2.42. The Morgan fingerprint density at radius 2 is 1.93 bits per heavy atom. The predicted octanol–water partition coefficient (Wildman–Crippen LogP) is 4.44. The summed E-state index contributed by atoms with van der Waals surface area (Å²) in [6.07, 6.45) is 0.370. The van der Waals surface area contributed by atoms with Crippen LogP contribution in [0.25, 0.3) is 0 Å². The van der Waals surface area contributed by atoms with Gasteiger partial charge in [-0.2, -0.15) is 0 Å². The Bertz CT molecular complexity index is 1010. The number of hydrogen-bond donors (Lipinski definition) is 1. The first-order chi connectivity index (χ1) is 14.1. The molecule has 1 N–H and O–H groups in total. The second-order valence-corrected chi connectivity index (χ2v) is 8.97. The molecule has 0 spiro atoms. The molecular weight excluding hydrogens is 428 g/mol. The van der Waals surface area contributed by atoms with Crippen LogP contribution in [0.4, 0.5) is 10.8 Å². The fraction of sp³-hybridized carbons (Fsp3) is 0.200. The monoisotopic (exact) mass is 444 g/mol. The van der Waals surface area contributed by atoms with Gasteiger partial charge in [0, 0.05) is 34.5 Å². The van der Waals surface area contributed by atoms with Crippen LogP contribution in [-0.4, -0.2) is 34.3 Å². The summed E-state index contributed by atoms with van der Waals surface area (Å²) in [6, 6.07) is 16.9. The third-order valence-electron chi connectivity index (χ3n) is 4.41. The minimum Gasteiger partial charge on any atom is -0.312 e. The van der Waals surface area contributed by atoms with E-state index in [1.54, 1.807) is 17.0 Å². The van der Waals surface area contributed by atoms with Gasteiger partial charge in [0.1, 0.15) is 5.01 Å². The van der Waals surface area contributed by atoms with E-state index in [1.165, 1.54) is 23.1 Å². The van der Waals surface area contributed by atoms with Crippen LogP contribution in [-0.2, 0) is 9.59 Å². The third kappa shape index (κ3) is 4.95. The molecule has 0 bridgehead atoms. The molecule has 1 aliphatic rings. The molecular formula is C20H17ClN4O2S2. The fourth-order valence-electron chi connectivity index (χ4n) is 3.01. The van der Waals surface area contributed by atoms with Crippen molar-refractivity contribution in [3.63, 3.8) is 0 Å². The summed E-state index contributed by atoms with van der Waals surface area (Å²) >= 11 is 8.71. The minimum atomic E-state index is -0.133. The molecule has 29 heavy (non-hydrogen) atoms.